The Kier molecular flexibility index (Phi) is 9.52. The molecular formula is C35H42N2O5. The zero-order chi connectivity index (χ0) is 30.6. The van der Waals surface area contributed by atoms with E-state index in [9.17, 15) is 19.5 Å². The number of unbranched alkanes of at least 4 members (excludes halogenated alkanes) is 1. The van der Waals surface area contributed by atoms with Gasteiger partial charge in [0.1, 0.15) is 17.5 Å². The van der Waals surface area contributed by atoms with E-state index in [0.717, 1.165) is 35.1 Å². The van der Waals surface area contributed by atoms with Crippen molar-refractivity contribution in [2.75, 3.05) is 17.2 Å². The standard InChI is InChI=1S/C35H42N2O5/c1-7-8-19-42-26-17-15-25(16-18-26)30-31(33(39)36-27-13-9-11-21(2)23(27)4)29(38)20-35(6,41)32(30)34(40)37-28-14-10-12-22(3)24(28)5/h9-18,30-32,41H,7-8,19-20H2,1-6H3,(H,36,39)(H,37,40). The number of benzene rings is 3. The number of carbonyl (C=O) groups excluding carboxylic acids is 3. The van der Waals surface area contributed by atoms with Crippen molar-refractivity contribution < 1.29 is 24.2 Å². The number of aryl methyl sites for hydroxylation is 2. The first-order valence-corrected chi connectivity index (χ1v) is 14.7. The van der Waals surface area contributed by atoms with Crippen molar-refractivity contribution >= 4 is 29.0 Å². The van der Waals surface area contributed by atoms with Crippen molar-refractivity contribution in [2.45, 2.75) is 72.3 Å². The third-order valence-corrected chi connectivity index (χ3v) is 8.59. The second-order valence-corrected chi connectivity index (χ2v) is 11.7. The van der Waals surface area contributed by atoms with Gasteiger partial charge >= 0.3 is 0 Å². The average molecular weight is 571 g/mol. The Morgan fingerprint density at radius 3 is 1.98 bits per heavy atom. The third-order valence-electron chi connectivity index (χ3n) is 8.59. The minimum Gasteiger partial charge on any atom is -0.494 e. The van der Waals surface area contributed by atoms with E-state index in [4.69, 9.17) is 4.74 Å². The van der Waals surface area contributed by atoms with E-state index in [-0.39, 0.29) is 6.42 Å². The van der Waals surface area contributed by atoms with E-state index >= 15 is 0 Å². The van der Waals surface area contributed by atoms with Crippen LogP contribution in [-0.4, -0.2) is 34.9 Å². The molecule has 3 aromatic carbocycles. The average Bonchev–Trinajstić information content (AvgIpc) is 2.93. The monoisotopic (exact) mass is 570 g/mol. The van der Waals surface area contributed by atoms with Crippen LogP contribution < -0.4 is 15.4 Å². The molecule has 0 heterocycles. The molecule has 4 atom stereocenters. The van der Waals surface area contributed by atoms with Gasteiger partial charge in [0.25, 0.3) is 0 Å². The molecule has 4 unspecified atom stereocenters. The molecule has 0 aliphatic heterocycles. The fourth-order valence-corrected chi connectivity index (χ4v) is 5.81. The van der Waals surface area contributed by atoms with E-state index in [0.29, 0.717) is 29.3 Å². The Bertz CT molecular complexity index is 1460. The Labute approximate surface area is 248 Å². The number of amides is 2. The van der Waals surface area contributed by atoms with Gasteiger partial charge in [0.2, 0.25) is 11.8 Å². The van der Waals surface area contributed by atoms with E-state index in [1.807, 2.05) is 58.0 Å². The Morgan fingerprint density at radius 1 is 0.881 bits per heavy atom. The van der Waals surface area contributed by atoms with Gasteiger partial charge in [-0.1, -0.05) is 49.7 Å². The molecule has 222 valence electrons. The van der Waals surface area contributed by atoms with Gasteiger partial charge in [-0.05, 0) is 93.1 Å². The summed E-state index contributed by atoms with van der Waals surface area (Å²) in [5.41, 5.74) is 3.99. The van der Waals surface area contributed by atoms with Gasteiger partial charge in [-0.25, -0.2) is 0 Å². The summed E-state index contributed by atoms with van der Waals surface area (Å²) < 4.78 is 5.83. The number of aliphatic hydroxyl groups is 1. The van der Waals surface area contributed by atoms with Crippen LogP contribution in [0.15, 0.2) is 60.7 Å². The first kappa shape index (κ1) is 31.0. The normalized spacial score (nSPS) is 22.0. The molecule has 7 heteroatoms. The number of hydrogen-bond donors (Lipinski definition) is 3. The van der Waals surface area contributed by atoms with Crippen molar-refractivity contribution in [2.24, 2.45) is 11.8 Å². The molecular weight excluding hydrogens is 528 g/mol. The van der Waals surface area contributed by atoms with Crippen LogP contribution in [0.25, 0.3) is 0 Å². The molecule has 3 aromatic rings. The second-order valence-electron chi connectivity index (χ2n) is 11.7. The third kappa shape index (κ3) is 6.57. The maximum Gasteiger partial charge on any atom is 0.235 e. The summed E-state index contributed by atoms with van der Waals surface area (Å²) in [5, 5.41) is 17.6. The molecule has 0 aromatic heterocycles. The molecule has 0 spiro atoms. The van der Waals surface area contributed by atoms with Crippen LogP contribution in [0.4, 0.5) is 11.4 Å². The molecule has 3 N–H and O–H groups in total. The van der Waals surface area contributed by atoms with Crippen LogP contribution in [0.2, 0.25) is 0 Å². The largest absolute Gasteiger partial charge is 0.494 e. The number of ether oxygens (including phenoxy) is 1. The van der Waals surface area contributed by atoms with Crippen LogP contribution in [0.1, 0.15) is 66.8 Å². The number of carbonyl (C=O) groups is 3. The Balaban J connectivity index is 1.77. The highest BCUT2D eigenvalue weighted by Crippen LogP contribution is 2.47. The maximum atomic E-state index is 14.1. The van der Waals surface area contributed by atoms with E-state index in [2.05, 4.69) is 17.6 Å². The number of hydrogen-bond acceptors (Lipinski definition) is 5. The Morgan fingerprint density at radius 2 is 1.43 bits per heavy atom. The van der Waals surface area contributed by atoms with E-state index in [1.165, 1.54) is 6.92 Å². The van der Waals surface area contributed by atoms with Crippen LogP contribution in [0.3, 0.4) is 0 Å². The molecule has 1 aliphatic carbocycles. The molecule has 2 amide bonds. The van der Waals surface area contributed by atoms with Gasteiger partial charge in [-0.15, -0.1) is 0 Å². The maximum absolute atomic E-state index is 14.1. The predicted octanol–water partition coefficient (Wildman–Crippen LogP) is 6.42. The summed E-state index contributed by atoms with van der Waals surface area (Å²) in [4.78, 5) is 41.7. The lowest BCUT2D eigenvalue weighted by Gasteiger charge is -2.44. The summed E-state index contributed by atoms with van der Waals surface area (Å²) in [6.07, 6.45) is 1.60. The van der Waals surface area contributed by atoms with E-state index in [1.54, 1.807) is 30.3 Å². The van der Waals surface area contributed by atoms with Gasteiger partial charge in [0, 0.05) is 23.7 Å². The molecule has 1 fully saturated rings. The minimum atomic E-state index is -1.68. The summed E-state index contributed by atoms with van der Waals surface area (Å²) in [6.45, 7) is 11.9. The first-order valence-electron chi connectivity index (χ1n) is 14.7. The number of ketones is 1. The fraction of sp³-hybridized carbons (Fsp3) is 0.400. The highest BCUT2D eigenvalue weighted by atomic mass is 16.5. The van der Waals surface area contributed by atoms with Crippen LogP contribution >= 0.6 is 0 Å². The molecule has 0 bridgehead atoms. The van der Waals surface area contributed by atoms with Crippen LogP contribution in [-0.2, 0) is 14.4 Å². The van der Waals surface area contributed by atoms with Crippen molar-refractivity contribution in [3.8, 4) is 5.75 Å². The Hall–Kier alpha value is -3.97. The van der Waals surface area contributed by atoms with Crippen molar-refractivity contribution in [1.29, 1.82) is 0 Å². The molecule has 1 saturated carbocycles. The predicted molar refractivity (Wildman–Crippen MR) is 166 cm³/mol. The fourth-order valence-electron chi connectivity index (χ4n) is 5.81. The highest BCUT2D eigenvalue weighted by Gasteiger charge is 2.56. The van der Waals surface area contributed by atoms with Crippen molar-refractivity contribution in [1.82, 2.24) is 0 Å². The van der Waals surface area contributed by atoms with Crippen molar-refractivity contribution in [3.05, 3.63) is 88.5 Å². The number of rotatable bonds is 9. The quantitative estimate of drug-likeness (QED) is 0.204. The van der Waals surface area contributed by atoms with Crippen molar-refractivity contribution in [3.63, 3.8) is 0 Å². The van der Waals surface area contributed by atoms with Crippen LogP contribution in [0, 0.1) is 39.5 Å². The lowest BCUT2D eigenvalue weighted by atomic mass is 9.61. The molecule has 7 nitrogen and oxygen atoms in total. The van der Waals surface area contributed by atoms with Gasteiger partial charge in [-0.2, -0.15) is 0 Å². The first-order chi connectivity index (χ1) is 19.9. The minimum absolute atomic E-state index is 0.322. The lowest BCUT2D eigenvalue weighted by Crippen LogP contribution is -2.56. The SMILES string of the molecule is CCCCOc1ccc(C2C(C(=O)Nc3cccc(C)c3C)C(=O)CC(C)(O)C2C(=O)Nc2cccc(C)c2C)cc1. The summed E-state index contributed by atoms with van der Waals surface area (Å²) in [5.74, 6) is -3.88. The summed E-state index contributed by atoms with van der Waals surface area (Å²) in [6, 6.07) is 18.4. The number of nitrogens with one attached hydrogen (secondary N) is 2. The topological polar surface area (TPSA) is 105 Å². The molecule has 4 rings (SSSR count). The van der Waals surface area contributed by atoms with Gasteiger partial charge in [0.15, 0.2) is 0 Å². The zero-order valence-electron chi connectivity index (χ0n) is 25.4. The second kappa shape index (κ2) is 12.9. The number of anilines is 2. The lowest BCUT2D eigenvalue weighted by molar-refractivity contribution is -0.150. The molecule has 0 saturated heterocycles. The van der Waals surface area contributed by atoms with Gasteiger partial charge in [0.05, 0.1) is 18.1 Å². The molecule has 1 aliphatic rings. The van der Waals surface area contributed by atoms with Crippen LogP contribution in [0.5, 0.6) is 5.75 Å². The van der Waals surface area contributed by atoms with E-state index < -0.39 is 41.0 Å². The van der Waals surface area contributed by atoms with Gasteiger partial charge in [-0.3, -0.25) is 14.4 Å². The molecule has 42 heavy (non-hydrogen) atoms. The summed E-state index contributed by atoms with van der Waals surface area (Å²) in [7, 11) is 0. The zero-order valence-corrected chi connectivity index (χ0v) is 25.4. The smallest absolute Gasteiger partial charge is 0.235 e. The molecule has 0 radical (unpaired) electrons. The summed E-state index contributed by atoms with van der Waals surface area (Å²) >= 11 is 0. The highest BCUT2D eigenvalue weighted by molar-refractivity contribution is 6.10. The number of Topliss-reactive ketones (excluding diaryl/α,β-unsaturated/α-hetero) is 1. The van der Waals surface area contributed by atoms with Gasteiger partial charge < -0.3 is 20.5 Å².